The van der Waals surface area contributed by atoms with Gasteiger partial charge in [-0.15, -0.1) is 0 Å². The van der Waals surface area contributed by atoms with Gasteiger partial charge >= 0.3 is 5.51 Å². The molecule has 1 saturated heterocycles. The molecular formula is C20H23F3N2OS. The summed E-state index contributed by atoms with van der Waals surface area (Å²) in [4.78, 5) is 0.168. The lowest BCUT2D eigenvalue weighted by atomic mass is 9.92. The van der Waals surface area contributed by atoms with Crippen LogP contribution in [0.15, 0.2) is 53.4 Å². The molecule has 3 nitrogen and oxygen atoms in total. The van der Waals surface area contributed by atoms with Crippen molar-refractivity contribution < 1.29 is 17.9 Å². The van der Waals surface area contributed by atoms with Gasteiger partial charge in [0.05, 0.1) is 7.11 Å². The number of alkyl halides is 3. The van der Waals surface area contributed by atoms with Gasteiger partial charge in [-0.25, -0.2) is 0 Å². The van der Waals surface area contributed by atoms with Crippen LogP contribution in [0, 0.1) is 0 Å². The zero-order valence-electron chi connectivity index (χ0n) is 15.1. The molecule has 27 heavy (non-hydrogen) atoms. The second-order valence-electron chi connectivity index (χ2n) is 6.49. The van der Waals surface area contributed by atoms with Gasteiger partial charge in [0.15, 0.2) is 0 Å². The van der Waals surface area contributed by atoms with Gasteiger partial charge in [0, 0.05) is 29.1 Å². The summed E-state index contributed by atoms with van der Waals surface area (Å²) < 4.78 is 43.4. The van der Waals surface area contributed by atoms with Crippen molar-refractivity contribution in [3.8, 4) is 5.75 Å². The first-order valence-corrected chi connectivity index (χ1v) is 9.72. The van der Waals surface area contributed by atoms with E-state index in [0.29, 0.717) is 12.3 Å². The second kappa shape index (κ2) is 8.99. The highest BCUT2D eigenvalue weighted by molar-refractivity contribution is 8.00. The van der Waals surface area contributed by atoms with Gasteiger partial charge in [0.2, 0.25) is 0 Å². The predicted octanol–water partition coefficient (Wildman–Crippen LogP) is 4.89. The van der Waals surface area contributed by atoms with Crippen molar-refractivity contribution in [1.29, 1.82) is 0 Å². The van der Waals surface area contributed by atoms with Crippen molar-refractivity contribution in [2.24, 2.45) is 0 Å². The molecule has 1 fully saturated rings. The number of hydrogen-bond donors (Lipinski definition) is 2. The van der Waals surface area contributed by atoms with Crippen LogP contribution in [0.25, 0.3) is 0 Å². The van der Waals surface area contributed by atoms with Gasteiger partial charge in [-0.3, -0.25) is 0 Å². The van der Waals surface area contributed by atoms with E-state index in [0.717, 1.165) is 24.9 Å². The maximum Gasteiger partial charge on any atom is 0.446 e. The highest BCUT2D eigenvalue weighted by atomic mass is 32.2. The van der Waals surface area contributed by atoms with Crippen molar-refractivity contribution in [3.05, 3.63) is 59.7 Å². The van der Waals surface area contributed by atoms with Gasteiger partial charge in [-0.1, -0.05) is 30.3 Å². The molecule has 0 radical (unpaired) electrons. The van der Waals surface area contributed by atoms with Crippen LogP contribution < -0.4 is 15.4 Å². The number of rotatable bonds is 6. The quantitative estimate of drug-likeness (QED) is 0.681. The minimum absolute atomic E-state index is 0.103. The van der Waals surface area contributed by atoms with Gasteiger partial charge in [-0.05, 0) is 54.9 Å². The molecular weight excluding hydrogens is 373 g/mol. The fraction of sp³-hybridized carbons (Fsp3) is 0.400. The van der Waals surface area contributed by atoms with Crippen molar-refractivity contribution >= 4 is 11.8 Å². The number of methoxy groups -OCH3 is 1. The van der Waals surface area contributed by atoms with Gasteiger partial charge in [-0.2, -0.15) is 13.2 Å². The Morgan fingerprint density at radius 2 is 1.96 bits per heavy atom. The van der Waals surface area contributed by atoms with Crippen molar-refractivity contribution in [2.45, 2.75) is 41.9 Å². The van der Waals surface area contributed by atoms with E-state index in [4.69, 9.17) is 4.74 Å². The smallest absolute Gasteiger partial charge is 0.446 e. The molecule has 2 N–H and O–H groups in total. The molecule has 2 aromatic rings. The summed E-state index contributed by atoms with van der Waals surface area (Å²) in [7, 11) is 1.53. The summed E-state index contributed by atoms with van der Waals surface area (Å²) in [5, 5.41) is 7.06. The molecule has 1 heterocycles. The van der Waals surface area contributed by atoms with E-state index in [9.17, 15) is 13.2 Å². The van der Waals surface area contributed by atoms with Crippen molar-refractivity contribution in [1.82, 2.24) is 10.6 Å². The first kappa shape index (κ1) is 20.0. The number of halogens is 3. The van der Waals surface area contributed by atoms with Crippen LogP contribution >= 0.6 is 11.8 Å². The van der Waals surface area contributed by atoms with Crippen LogP contribution in [0.5, 0.6) is 5.75 Å². The van der Waals surface area contributed by atoms with Crippen molar-refractivity contribution in [2.75, 3.05) is 13.7 Å². The van der Waals surface area contributed by atoms with Crippen LogP contribution in [0.1, 0.15) is 30.0 Å². The third-order valence-electron chi connectivity index (χ3n) is 4.66. The number of ether oxygens (including phenoxy) is 1. The predicted molar refractivity (Wildman–Crippen MR) is 102 cm³/mol. The molecule has 146 valence electrons. The fourth-order valence-electron chi connectivity index (χ4n) is 3.45. The number of thioether (sulfide) groups is 1. The Balaban J connectivity index is 1.73. The molecule has 0 amide bonds. The monoisotopic (exact) mass is 396 g/mol. The van der Waals surface area contributed by atoms with Gasteiger partial charge < -0.3 is 15.4 Å². The third-order valence-corrected chi connectivity index (χ3v) is 5.38. The molecule has 0 bridgehead atoms. The lowest BCUT2D eigenvalue weighted by Gasteiger charge is -2.34. The first-order chi connectivity index (χ1) is 13.0. The molecule has 0 aliphatic carbocycles. The zero-order chi connectivity index (χ0) is 19.3. The Morgan fingerprint density at radius 3 is 2.67 bits per heavy atom. The Labute approximate surface area is 161 Å². The molecule has 0 aromatic heterocycles. The summed E-state index contributed by atoms with van der Waals surface area (Å²) in [6.07, 6.45) is 2.06. The van der Waals surface area contributed by atoms with E-state index < -0.39 is 5.51 Å². The highest BCUT2D eigenvalue weighted by Crippen LogP contribution is 2.38. The van der Waals surface area contributed by atoms with E-state index in [1.165, 1.54) is 18.7 Å². The molecule has 0 spiro atoms. The standard InChI is InChI=1S/C20H23F3N2OS/c1-26-18-10-9-16(27-20(21,22)23)12-15(18)13-25-17-8-5-11-24-19(17)14-6-3-2-4-7-14/h2-4,6-7,9-10,12,17,19,24-25H,5,8,11,13H2,1H3/t17-,19-/m0/s1. The number of piperidine rings is 1. The molecule has 1 aliphatic rings. The van der Waals surface area contributed by atoms with Gasteiger partial charge in [0.1, 0.15) is 5.75 Å². The Kier molecular flexibility index (Phi) is 6.68. The zero-order valence-corrected chi connectivity index (χ0v) is 15.9. The van der Waals surface area contributed by atoms with E-state index >= 15 is 0 Å². The third kappa shape index (κ3) is 5.64. The molecule has 3 rings (SSSR count). The Bertz CT molecular complexity index is 740. The summed E-state index contributed by atoms with van der Waals surface area (Å²) >= 11 is -0.103. The molecule has 0 saturated carbocycles. The molecule has 1 aliphatic heterocycles. The average Bonchev–Trinajstić information content (AvgIpc) is 2.66. The summed E-state index contributed by atoms with van der Waals surface area (Å²) in [5.41, 5.74) is -2.36. The topological polar surface area (TPSA) is 33.3 Å². The number of hydrogen-bond acceptors (Lipinski definition) is 4. The molecule has 2 atom stereocenters. The van der Waals surface area contributed by atoms with Crippen molar-refractivity contribution in [3.63, 3.8) is 0 Å². The largest absolute Gasteiger partial charge is 0.496 e. The van der Waals surface area contributed by atoms with Crippen LogP contribution in [0.4, 0.5) is 13.2 Å². The number of nitrogens with one attached hydrogen (secondary N) is 2. The number of benzene rings is 2. The second-order valence-corrected chi connectivity index (χ2v) is 7.63. The normalized spacial score (nSPS) is 20.4. The minimum Gasteiger partial charge on any atom is -0.496 e. The molecule has 0 unspecified atom stereocenters. The maximum atomic E-state index is 12.7. The minimum atomic E-state index is -4.30. The van der Waals surface area contributed by atoms with E-state index in [1.54, 1.807) is 12.1 Å². The summed E-state index contributed by atoms with van der Waals surface area (Å²) in [6, 6.07) is 15.2. The average molecular weight is 396 g/mol. The SMILES string of the molecule is COc1ccc(SC(F)(F)F)cc1CN[C@H]1CCCN[C@H]1c1ccccc1. The summed E-state index contributed by atoms with van der Waals surface area (Å²) in [6.45, 7) is 1.41. The Morgan fingerprint density at radius 1 is 1.19 bits per heavy atom. The molecule has 7 heteroatoms. The Hall–Kier alpha value is -1.70. The molecule has 2 aromatic carbocycles. The lowest BCUT2D eigenvalue weighted by molar-refractivity contribution is -0.0328. The van der Waals surface area contributed by atoms with Crippen LogP contribution in [0.3, 0.4) is 0 Å². The lowest BCUT2D eigenvalue weighted by Crippen LogP contribution is -2.45. The summed E-state index contributed by atoms with van der Waals surface area (Å²) in [5.74, 6) is 0.592. The van der Waals surface area contributed by atoms with E-state index in [-0.39, 0.29) is 28.7 Å². The van der Waals surface area contributed by atoms with E-state index in [2.05, 4.69) is 22.8 Å². The first-order valence-electron chi connectivity index (χ1n) is 8.90. The fourth-order valence-corrected chi connectivity index (χ4v) is 4.05. The van der Waals surface area contributed by atoms with Crippen LogP contribution in [-0.4, -0.2) is 25.2 Å². The maximum absolute atomic E-state index is 12.7. The van der Waals surface area contributed by atoms with Crippen LogP contribution in [-0.2, 0) is 6.54 Å². The van der Waals surface area contributed by atoms with Crippen LogP contribution in [0.2, 0.25) is 0 Å². The van der Waals surface area contributed by atoms with E-state index in [1.807, 2.05) is 18.2 Å². The highest BCUT2D eigenvalue weighted by Gasteiger charge is 2.30. The van der Waals surface area contributed by atoms with Gasteiger partial charge in [0.25, 0.3) is 0 Å².